The number of alkyl halides is 1. The molecule has 3 heteroatoms. The van der Waals surface area contributed by atoms with Crippen LogP contribution in [0.3, 0.4) is 0 Å². The van der Waals surface area contributed by atoms with Crippen LogP contribution in [0.2, 0.25) is 5.02 Å². The van der Waals surface area contributed by atoms with Crippen molar-refractivity contribution in [3.63, 3.8) is 0 Å². The second-order valence-electron chi connectivity index (χ2n) is 4.24. The van der Waals surface area contributed by atoms with Gasteiger partial charge in [0.1, 0.15) is 0 Å². The maximum Gasteiger partial charge on any atom is 0.0537 e. The normalized spacial score (nSPS) is 25.7. The third-order valence-corrected chi connectivity index (χ3v) is 3.74. The van der Waals surface area contributed by atoms with Crippen molar-refractivity contribution in [1.29, 1.82) is 0 Å². The molecule has 0 aromatic heterocycles. The van der Waals surface area contributed by atoms with E-state index in [0.29, 0.717) is 5.88 Å². The predicted molar refractivity (Wildman–Crippen MR) is 63.7 cm³/mol. The third kappa shape index (κ3) is 2.66. The Labute approximate surface area is 100 Å². The first-order valence-electron chi connectivity index (χ1n) is 5.12. The van der Waals surface area contributed by atoms with Crippen LogP contribution in [-0.4, -0.2) is 19.1 Å². The molecule has 0 bridgehead atoms. The Morgan fingerprint density at radius 1 is 1.40 bits per heavy atom. The van der Waals surface area contributed by atoms with E-state index in [4.69, 9.17) is 27.9 Å². The lowest BCUT2D eigenvalue weighted by atomic mass is 9.83. The minimum absolute atomic E-state index is 0.117. The zero-order valence-electron chi connectivity index (χ0n) is 8.51. The minimum atomic E-state index is 0.117. The van der Waals surface area contributed by atoms with Crippen molar-refractivity contribution in [3.8, 4) is 0 Å². The lowest BCUT2D eigenvalue weighted by Crippen LogP contribution is -2.26. The van der Waals surface area contributed by atoms with Gasteiger partial charge in [0.15, 0.2) is 0 Å². The number of halogens is 2. The monoisotopic (exact) mass is 244 g/mol. The molecule has 82 valence electrons. The Balaban J connectivity index is 2.12. The maximum absolute atomic E-state index is 6.04. The van der Waals surface area contributed by atoms with Crippen LogP contribution < -0.4 is 0 Å². The first kappa shape index (κ1) is 11.3. The van der Waals surface area contributed by atoms with E-state index in [-0.39, 0.29) is 5.41 Å². The van der Waals surface area contributed by atoms with E-state index in [2.05, 4.69) is 6.07 Å². The molecule has 0 aliphatic carbocycles. The molecular weight excluding hydrogens is 231 g/mol. The van der Waals surface area contributed by atoms with Crippen molar-refractivity contribution in [1.82, 2.24) is 0 Å². The number of hydrogen-bond donors (Lipinski definition) is 0. The van der Waals surface area contributed by atoms with Crippen molar-refractivity contribution in [2.75, 3.05) is 19.1 Å². The van der Waals surface area contributed by atoms with Crippen LogP contribution in [0.5, 0.6) is 0 Å². The van der Waals surface area contributed by atoms with Gasteiger partial charge in [0.05, 0.1) is 6.61 Å². The highest BCUT2D eigenvalue weighted by Crippen LogP contribution is 2.34. The lowest BCUT2D eigenvalue weighted by Gasteiger charge is -2.24. The molecule has 0 saturated carbocycles. The second-order valence-corrected chi connectivity index (χ2v) is 4.95. The molecule has 1 nitrogen and oxygen atoms in total. The van der Waals surface area contributed by atoms with Gasteiger partial charge in [0.25, 0.3) is 0 Å². The van der Waals surface area contributed by atoms with Crippen molar-refractivity contribution in [2.24, 2.45) is 5.41 Å². The van der Waals surface area contributed by atoms with Crippen molar-refractivity contribution < 1.29 is 4.74 Å². The molecule has 1 aliphatic heterocycles. The highest BCUT2D eigenvalue weighted by Gasteiger charge is 2.34. The average Bonchev–Trinajstić information content (AvgIpc) is 2.67. The van der Waals surface area contributed by atoms with Gasteiger partial charge in [-0.25, -0.2) is 0 Å². The number of hydrogen-bond acceptors (Lipinski definition) is 1. The third-order valence-electron chi connectivity index (χ3n) is 2.94. The summed E-state index contributed by atoms with van der Waals surface area (Å²) in [6.45, 7) is 1.59. The van der Waals surface area contributed by atoms with Crippen molar-refractivity contribution in [3.05, 3.63) is 34.9 Å². The summed E-state index contributed by atoms with van der Waals surface area (Å²) in [5.41, 5.74) is 1.36. The van der Waals surface area contributed by atoms with Crippen LogP contribution in [0.4, 0.5) is 0 Å². The molecule has 1 aliphatic rings. The zero-order valence-corrected chi connectivity index (χ0v) is 10.0. The molecular formula is C12H14Cl2O. The molecule has 0 radical (unpaired) electrons. The van der Waals surface area contributed by atoms with E-state index in [1.165, 1.54) is 5.56 Å². The highest BCUT2D eigenvalue weighted by molar-refractivity contribution is 6.30. The van der Waals surface area contributed by atoms with E-state index in [1.807, 2.05) is 18.2 Å². The van der Waals surface area contributed by atoms with Gasteiger partial charge in [-0.05, 0) is 30.5 Å². The fourth-order valence-corrected chi connectivity index (χ4v) is 2.54. The summed E-state index contributed by atoms with van der Waals surface area (Å²) in [6, 6.07) is 7.98. The van der Waals surface area contributed by atoms with E-state index in [1.54, 1.807) is 0 Å². The predicted octanol–water partition coefficient (Wildman–Crippen LogP) is 3.53. The summed E-state index contributed by atoms with van der Waals surface area (Å²) in [4.78, 5) is 0. The van der Waals surface area contributed by atoms with Crippen molar-refractivity contribution >= 4 is 23.2 Å². The number of ether oxygens (including phenoxy) is 1. The van der Waals surface area contributed by atoms with Gasteiger partial charge in [-0.2, -0.15) is 0 Å². The Morgan fingerprint density at radius 3 is 2.87 bits per heavy atom. The molecule has 1 fully saturated rings. The van der Waals surface area contributed by atoms with Crippen LogP contribution in [0.1, 0.15) is 12.0 Å². The summed E-state index contributed by atoms with van der Waals surface area (Å²) >= 11 is 12.0. The van der Waals surface area contributed by atoms with E-state index in [9.17, 15) is 0 Å². The standard InChI is InChI=1S/C12H14Cl2O/c13-8-12(4-5-15-9-12)7-10-2-1-3-11(14)6-10/h1-3,6H,4-5,7-9H2. The smallest absolute Gasteiger partial charge is 0.0537 e. The molecule has 1 aromatic rings. The van der Waals surface area contributed by atoms with Crippen molar-refractivity contribution in [2.45, 2.75) is 12.8 Å². The summed E-state index contributed by atoms with van der Waals surface area (Å²) in [6.07, 6.45) is 2.00. The molecule has 0 amide bonds. The molecule has 0 N–H and O–H groups in total. The molecule has 0 spiro atoms. The van der Waals surface area contributed by atoms with Crippen LogP contribution >= 0.6 is 23.2 Å². The van der Waals surface area contributed by atoms with Gasteiger partial charge in [-0.1, -0.05) is 23.7 Å². The first-order chi connectivity index (χ1) is 7.24. The topological polar surface area (TPSA) is 9.23 Å². The Bertz CT molecular complexity index is 332. The molecule has 1 unspecified atom stereocenters. The van der Waals surface area contributed by atoms with Crippen LogP contribution in [0, 0.1) is 5.41 Å². The molecule has 1 heterocycles. The van der Waals surface area contributed by atoms with Gasteiger partial charge in [-0.3, -0.25) is 0 Å². The lowest BCUT2D eigenvalue weighted by molar-refractivity contribution is 0.161. The summed E-state index contributed by atoms with van der Waals surface area (Å²) < 4.78 is 5.44. The van der Waals surface area contributed by atoms with Gasteiger partial charge in [0.2, 0.25) is 0 Å². The van der Waals surface area contributed by atoms with Gasteiger partial charge in [0, 0.05) is 22.9 Å². The van der Waals surface area contributed by atoms with Crippen LogP contribution in [-0.2, 0) is 11.2 Å². The van der Waals surface area contributed by atoms with Gasteiger partial charge < -0.3 is 4.74 Å². The number of rotatable bonds is 3. The van der Waals surface area contributed by atoms with Gasteiger partial charge >= 0.3 is 0 Å². The molecule has 1 aromatic carbocycles. The Kier molecular flexibility index (Phi) is 3.55. The number of benzene rings is 1. The largest absolute Gasteiger partial charge is 0.381 e. The maximum atomic E-state index is 6.04. The Morgan fingerprint density at radius 2 is 2.27 bits per heavy atom. The van der Waals surface area contributed by atoms with Crippen LogP contribution in [0.15, 0.2) is 24.3 Å². The van der Waals surface area contributed by atoms with Gasteiger partial charge in [-0.15, -0.1) is 11.6 Å². The average molecular weight is 245 g/mol. The molecule has 15 heavy (non-hydrogen) atoms. The zero-order chi connectivity index (χ0) is 10.7. The van der Waals surface area contributed by atoms with Crippen LogP contribution in [0.25, 0.3) is 0 Å². The fourth-order valence-electron chi connectivity index (χ4n) is 2.02. The molecule has 1 saturated heterocycles. The minimum Gasteiger partial charge on any atom is -0.381 e. The van der Waals surface area contributed by atoms with E-state index >= 15 is 0 Å². The summed E-state index contributed by atoms with van der Waals surface area (Å²) in [5.74, 6) is 0.652. The van der Waals surface area contributed by atoms with E-state index in [0.717, 1.165) is 31.1 Å². The first-order valence-corrected chi connectivity index (χ1v) is 6.04. The summed E-state index contributed by atoms with van der Waals surface area (Å²) in [7, 11) is 0. The second kappa shape index (κ2) is 4.73. The Hall–Kier alpha value is -0.240. The molecule has 1 atom stereocenters. The summed E-state index contributed by atoms with van der Waals surface area (Å²) in [5, 5.41) is 0.788. The quantitative estimate of drug-likeness (QED) is 0.740. The fraction of sp³-hybridized carbons (Fsp3) is 0.500. The SMILES string of the molecule is ClCC1(Cc2cccc(Cl)c2)CCOC1. The highest BCUT2D eigenvalue weighted by atomic mass is 35.5. The molecule has 2 rings (SSSR count). The van der Waals surface area contributed by atoms with E-state index < -0.39 is 0 Å².